The number of urea groups is 1. The van der Waals surface area contributed by atoms with Gasteiger partial charge in [-0.15, -0.1) is 5.01 Å². The van der Waals surface area contributed by atoms with Crippen molar-refractivity contribution < 1.29 is 9.59 Å². The van der Waals surface area contributed by atoms with Crippen molar-refractivity contribution in [3.05, 3.63) is 40.4 Å². The molecule has 1 N–H and O–H groups in total. The maximum atomic E-state index is 12.7. The molecule has 0 radical (unpaired) electrons. The molecule has 1 aromatic carbocycles. The maximum absolute atomic E-state index is 12.7. The number of nitrogens with zero attached hydrogens (tertiary/aromatic N) is 2. The van der Waals surface area contributed by atoms with Crippen molar-refractivity contribution in [1.82, 2.24) is 10.3 Å². The van der Waals surface area contributed by atoms with Crippen molar-refractivity contribution in [2.75, 3.05) is 0 Å². The van der Waals surface area contributed by atoms with Crippen molar-refractivity contribution in [2.45, 2.75) is 38.1 Å². The van der Waals surface area contributed by atoms with Crippen LogP contribution in [-0.2, 0) is 4.79 Å². The Morgan fingerprint density at radius 2 is 1.96 bits per heavy atom. The molecule has 0 unspecified atom stereocenters. The molecule has 0 bridgehead atoms. The summed E-state index contributed by atoms with van der Waals surface area (Å²) in [5.74, 6) is 0.358. The third kappa shape index (κ3) is 3.43. The first-order valence-electron chi connectivity index (χ1n) is 8.13. The number of amides is 3. The lowest BCUT2D eigenvalue weighted by atomic mass is 9.77. The quantitative estimate of drug-likeness (QED) is 0.629. The predicted molar refractivity (Wildman–Crippen MR) is 97.6 cm³/mol. The number of hydrogen-bond acceptors (Lipinski definition) is 3. The Balaban J connectivity index is 1.72. The van der Waals surface area contributed by atoms with Gasteiger partial charge in [0.15, 0.2) is 0 Å². The minimum Gasteiger partial charge on any atom is -0.321 e. The van der Waals surface area contributed by atoms with E-state index in [1.54, 1.807) is 0 Å². The summed E-state index contributed by atoms with van der Waals surface area (Å²) >= 11 is 3.40. The summed E-state index contributed by atoms with van der Waals surface area (Å²) in [7, 11) is 0. The number of nitrogens with one attached hydrogen (secondary N) is 1. The monoisotopic (exact) mass is 389 g/mol. The summed E-state index contributed by atoms with van der Waals surface area (Å²) < 4.78 is 0.688. The van der Waals surface area contributed by atoms with Gasteiger partial charge in [0.25, 0.3) is 5.91 Å². The van der Waals surface area contributed by atoms with E-state index >= 15 is 0 Å². The lowest BCUT2D eigenvalue weighted by molar-refractivity contribution is -0.132. The van der Waals surface area contributed by atoms with Crippen LogP contribution in [0.2, 0.25) is 0 Å². The van der Waals surface area contributed by atoms with Crippen LogP contribution in [0.3, 0.4) is 0 Å². The molecule has 0 aromatic heterocycles. The summed E-state index contributed by atoms with van der Waals surface area (Å²) in [5.41, 5.74) is 0.252. The number of benzene rings is 1. The second-order valence-electron chi connectivity index (χ2n) is 6.50. The van der Waals surface area contributed by atoms with E-state index < -0.39 is 11.6 Å². The summed E-state index contributed by atoms with van der Waals surface area (Å²) in [6.07, 6.45) is 6.62. The minimum atomic E-state index is -0.753. The van der Waals surface area contributed by atoms with Crippen molar-refractivity contribution in [2.24, 2.45) is 11.0 Å². The Hall–Kier alpha value is -1.95. The first-order valence-corrected chi connectivity index (χ1v) is 8.92. The molecular formula is C18H20BrN3O2. The van der Waals surface area contributed by atoms with Crippen molar-refractivity contribution in [3.63, 3.8) is 0 Å². The van der Waals surface area contributed by atoms with Crippen molar-refractivity contribution >= 4 is 40.2 Å². The Morgan fingerprint density at radius 3 is 2.62 bits per heavy atom. The molecule has 2 fully saturated rings. The van der Waals surface area contributed by atoms with Gasteiger partial charge in [0.1, 0.15) is 5.54 Å². The average Bonchev–Trinajstić information content (AvgIpc) is 2.80. The van der Waals surface area contributed by atoms with Crippen LogP contribution in [0.15, 0.2) is 39.9 Å². The third-order valence-electron chi connectivity index (χ3n) is 4.67. The second kappa shape index (κ2) is 6.89. The van der Waals surface area contributed by atoms with E-state index in [1.807, 2.05) is 36.4 Å². The Kier molecular flexibility index (Phi) is 4.85. The van der Waals surface area contributed by atoms with Gasteiger partial charge in [-0.25, -0.2) is 4.79 Å². The Labute approximate surface area is 149 Å². The van der Waals surface area contributed by atoms with Crippen molar-refractivity contribution in [3.8, 4) is 0 Å². The lowest BCUT2D eigenvalue weighted by Crippen LogP contribution is -2.49. The van der Waals surface area contributed by atoms with Gasteiger partial charge in [-0.1, -0.05) is 37.3 Å². The fraction of sp³-hybridized carbons (Fsp3) is 0.389. The van der Waals surface area contributed by atoms with Crippen LogP contribution in [-0.4, -0.2) is 28.7 Å². The highest BCUT2D eigenvalue weighted by Gasteiger charge is 2.52. The summed E-state index contributed by atoms with van der Waals surface area (Å²) in [6, 6.07) is 9.30. The number of carbonyl (C=O) groups excluding carboxylic acids is 2. The van der Waals surface area contributed by atoms with E-state index in [2.05, 4.69) is 33.3 Å². The lowest BCUT2D eigenvalue weighted by Gasteiger charge is -2.33. The first kappa shape index (κ1) is 16.9. The molecule has 1 aliphatic carbocycles. The molecule has 3 amide bonds. The van der Waals surface area contributed by atoms with Crippen LogP contribution in [0, 0.1) is 5.92 Å². The molecule has 3 rings (SSSR count). The molecule has 1 saturated heterocycles. The standard InChI is InChI=1S/C18H20BrN3O2/c1-13-7-9-18(10-8-13)16(23)22(17(24)21-18)20-12-15(19)11-14-5-3-2-4-6-14/h2-6,11-13H,7-10H2,1H3,(H,21,24)/b15-11-,20-12?. The zero-order valence-corrected chi connectivity index (χ0v) is 15.1. The maximum Gasteiger partial charge on any atom is 0.346 e. The van der Waals surface area contributed by atoms with Gasteiger partial charge < -0.3 is 5.32 Å². The molecule has 1 heterocycles. The van der Waals surface area contributed by atoms with E-state index in [-0.39, 0.29) is 5.91 Å². The highest BCUT2D eigenvalue weighted by atomic mass is 79.9. The fourth-order valence-corrected chi connectivity index (χ4v) is 3.52. The number of rotatable bonds is 3. The normalized spacial score (nSPS) is 28.0. The molecule has 2 aliphatic rings. The number of carbonyl (C=O) groups is 2. The Bertz CT molecular complexity index is 691. The number of imide groups is 1. The molecule has 5 nitrogen and oxygen atoms in total. The molecule has 1 aromatic rings. The second-order valence-corrected chi connectivity index (χ2v) is 7.41. The molecule has 1 saturated carbocycles. The van der Waals surface area contributed by atoms with Gasteiger partial charge in [-0.2, -0.15) is 5.10 Å². The van der Waals surface area contributed by atoms with Crippen LogP contribution in [0.1, 0.15) is 38.2 Å². The topological polar surface area (TPSA) is 61.8 Å². The zero-order chi connectivity index (χ0) is 17.2. The fourth-order valence-electron chi connectivity index (χ4n) is 3.16. The number of allylic oxidation sites excluding steroid dienone is 1. The van der Waals surface area contributed by atoms with Gasteiger partial charge in [-0.05, 0) is 59.2 Å². The van der Waals surface area contributed by atoms with Gasteiger partial charge in [0, 0.05) is 4.48 Å². The molecule has 1 spiro atoms. The zero-order valence-electron chi connectivity index (χ0n) is 13.5. The molecule has 24 heavy (non-hydrogen) atoms. The van der Waals surface area contributed by atoms with Crippen LogP contribution < -0.4 is 5.32 Å². The minimum absolute atomic E-state index is 0.240. The van der Waals surface area contributed by atoms with Crippen LogP contribution in [0.5, 0.6) is 0 Å². The SMILES string of the molecule is CC1CCC2(CC1)NC(=O)N(N=C/C(Br)=C/c1ccccc1)C2=O. The molecule has 6 heteroatoms. The summed E-state index contributed by atoms with van der Waals surface area (Å²) in [5, 5.41) is 7.89. The van der Waals surface area contributed by atoms with E-state index in [0.717, 1.165) is 23.4 Å². The van der Waals surface area contributed by atoms with Gasteiger partial charge >= 0.3 is 6.03 Å². The van der Waals surface area contributed by atoms with Crippen LogP contribution in [0.25, 0.3) is 6.08 Å². The number of hydrogen-bond donors (Lipinski definition) is 1. The highest BCUT2D eigenvalue weighted by Crippen LogP contribution is 2.36. The number of hydrazone groups is 1. The van der Waals surface area contributed by atoms with Crippen molar-refractivity contribution in [1.29, 1.82) is 0 Å². The molecular weight excluding hydrogens is 370 g/mol. The third-order valence-corrected chi connectivity index (χ3v) is 5.10. The molecule has 0 atom stereocenters. The van der Waals surface area contributed by atoms with E-state index in [9.17, 15) is 9.59 Å². The Morgan fingerprint density at radius 1 is 1.29 bits per heavy atom. The van der Waals surface area contributed by atoms with Gasteiger partial charge in [-0.3, -0.25) is 4.79 Å². The van der Waals surface area contributed by atoms with Crippen LogP contribution >= 0.6 is 15.9 Å². The largest absolute Gasteiger partial charge is 0.346 e. The van der Waals surface area contributed by atoms with Crippen LogP contribution in [0.4, 0.5) is 4.79 Å². The van der Waals surface area contributed by atoms with Gasteiger partial charge in [0.05, 0.1) is 6.21 Å². The average molecular weight is 390 g/mol. The smallest absolute Gasteiger partial charge is 0.321 e. The summed E-state index contributed by atoms with van der Waals surface area (Å²) in [6.45, 7) is 2.18. The number of halogens is 1. The predicted octanol–water partition coefficient (Wildman–Crippen LogP) is 3.91. The van der Waals surface area contributed by atoms with Gasteiger partial charge in [0.2, 0.25) is 0 Å². The molecule has 1 aliphatic heterocycles. The highest BCUT2D eigenvalue weighted by molar-refractivity contribution is 9.12. The van der Waals surface area contributed by atoms with E-state index in [4.69, 9.17) is 0 Å². The van der Waals surface area contributed by atoms with E-state index in [1.165, 1.54) is 6.21 Å². The first-order chi connectivity index (χ1) is 11.5. The summed E-state index contributed by atoms with van der Waals surface area (Å²) in [4.78, 5) is 24.8. The molecule has 126 valence electrons. The van der Waals surface area contributed by atoms with E-state index in [0.29, 0.717) is 23.2 Å².